The summed E-state index contributed by atoms with van der Waals surface area (Å²) in [4.78, 5) is 4.31. The molecule has 1 unspecified atom stereocenters. The standard InChI is InChI=1S/C10H17N3O2S/c1-8-6-13(10(11-2)12-8)9-4-3-5-16(14,15)7-9/h6,9H,3-5,7H2,1-2H3,(H,11,12). The first-order valence-electron chi connectivity index (χ1n) is 5.45. The minimum Gasteiger partial charge on any atom is -0.359 e. The van der Waals surface area contributed by atoms with Gasteiger partial charge in [0.2, 0.25) is 5.95 Å². The third-order valence-corrected chi connectivity index (χ3v) is 4.71. The van der Waals surface area contributed by atoms with Crippen LogP contribution in [0.3, 0.4) is 0 Å². The minimum absolute atomic E-state index is 0.0300. The Morgan fingerprint density at radius 3 is 2.94 bits per heavy atom. The summed E-state index contributed by atoms with van der Waals surface area (Å²) in [6.45, 7) is 1.91. The number of hydrogen-bond donors (Lipinski definition) is 1. The van der Waals surface area contributed by atoms with Crippen molar-refractivity contribution < 1.29 is 8.42 Å². The number of anilines is 1. The average molecular weight is 243 g/mol. The summed E-state index contributed by atoms with van der Waals surface area (Å²) in [7, 11) is -1.07. The molecule has 6 heteroatoms. The molecule has 2 heterocycles. The van der Waals surface area contributed by atoms with Gasteiger partial charge in [0.25, 0.3) is 0 Å². The second-order valence-corrected chi connectivity index (χ2v) is 6.50. The van der Waals surface area contributed by atoms with Gasteiger partial charge >= 0.3 is 0 Å². The van der Waals surface area contributed by atoms with Crippen molar-refractivity contribution in [3.63, 3.8) is 0 Å². The third-order valence-electron chi connectivity index (χ3n) is 2.91. The van der Waals surface area contributed by atoms with E-state index in [0.29, 0.717) is 5.75 Å². The molecule has 1 fully saturated rings. The van der Waals surface area contributed by atoms with E-state index in [9.17, 15) is 8.42 Å². The molecule has 0 spiro atoms. The molecule has 1 atom stereocenters. The molecule has 0 bridgehead atoms. The van der Waals surface area contributed by atoms with Crippen molar-refractivity contribution in [1.82, 2.24) is 9.55 Å². The fraction of sp³-hybridized carbons (Fsp3) is 0.700. The number of aromatic nitrogens is 2. The van der Waals surface area contributed by atoms with E-state index in [0.717, 1.165) is 24.5 Å². The Balaban J connectivity index is 2.29. The number of hydrogen-bond acceptors (Lipinski definition) is 4. The summed E-state index contributed by atoms with van der Waals surface area (Å²) < 4.78 is 25.1. The first-order chi connectivity index (χ1) is 7.52. The fourth-order valence-corrected chi connectivity index (χ4v) is 3.88. The lowest BCUT2D eigenvalue weighted by molar-refractivity contribution is 0.474. The van der Waals surface area contributed by atoms with Crippen molar-refractivity contribution >= 4 is 15.8 Å². The normalized spacial score (nSPS) is 24.2. The maximum absolute atomic E-state index is 11.6. The fourth-order valence-electron chi connectivity index (χ4n) is 2.20. The molecule has 16 heavy (non-hydrogen) atoms. The number of rotatable bonds is 2. The van der Waals surface area contributed by atoms with Crippen LogP contribution >= 0.6 is 0 Å². The van der Waals surface area contributed by atoms with Crippen LogP contribution in [0.5, 0.6) is 0 Å². The first kappa shape index (κ1) is 11.4. The SMILES string of the molecule is CNc1nc(C)cn1C1CCCS(=O)(=O)C1. The molecule has 0 saturated carbocycles. The molecule has 5 nitrogen and oxygen atoms in total. The lowest BCUT2D eigenvalue weighted by atomic mass is 10.2. The van der Waals surface area contributed by atoms with E-state index in [1.165, 1.54) is 0 Å². The van der Waals surface area contributed by atoms with Crippen molar-refractivity contribution in [1.29, 1.82) is 0 Å². The Hall–Kier alpha value is -1.04. The molecular weight excluding hydrogens is 226 g/mol. The minimum atomic E-state index is -2.87. The summed E-state index contributed by atoms with van der Waals surface area (Å²) in [6, 6.07) is 0.0300. The summed E-state index contributed by atoms with van der Waals surface area (Å²) in [6.07, 6.45) is 3.56. The van der Waals surface area contributed by atoms with Gasteiger partial charge in [0, 0.05) is 13.2 Å². The molecule has 2 rings (SSSR count). The van der Waals surface area contributed by atoms with Gasteiger partial charge in [-0.15, -0.1) is 0 Å². The average Bonchev–Trinajstić information content (AvgIpc) is 2.58. The van der Waals surface area contributed by atoms with Crippen LogP contribution in [0.15, 0.2) is 6.20 Å². The Labute approximate surface area is 95.8 Å². The molecule has 1 N–H and O–H groups in total. The number of imidazole rings is 1. The van der Waals surface area contributed by atoms with Crippen LogP contribution in [-0.2, 0) is 9.84 Å². The number of nitrogens with zero attached hydrogens (tertiary/aromatic N) is 2. The van der Waals surface area contributed by atoms with Gasteiger partial charge in [-0.1, -0.05) is 0 Å². The van der Waals surface area contributed by atoms with Crippen LogP contribution in [0, 0.1) is 6.92 Å². The second-order valence-electron chi connectivity index (χ2n) is 4.27. The molecule has 1 aliphatic rings. The number of aryl methyl sites for hydroxylation is 1. The Kier molecular flexibility index (Phi) is 2.92. The monoisotopic (exact) mass is 243 g/mol. The van der Waals surface area contributed by atoms with Gasteiger partial charge in [-0.2, -0.15) is 0 Å². The molecule has 90 valence electrons. The van der Waals surface area contributed by atoms with E-state index in [1.807, 2.05) is 17.7 Å². The molecule has 1 aliphatic heterocycles. The lowest BCUT2D eigenvalue weighted by Gasteiger charge is -2.24. The van der Waals surface area contributed by atoms with E-state index < -0.39 is 9.84 Å². The maximum atomic E-state index is 11.6. The van der Waals surface area contributed by atoms with E-state index in [1.54, 1.807) is 7.05 Å². The van der Waals surface area contributed by atoms with Gasteiger partial charge in [-0.3, -0.25) is 0 Å². The summed E-state index contributed by atoms with van der Waals surface area (Å²) in [5, 5.41) is 3.00. The predicted molar refractivity (Wildman–Crippen MR) is 63.4 cm³/mol. The van der Waals surface area contributed by atoms with Crippen LogP contribution in [0.2, 0.25) is 0 Å². The van der Waals surface area contributed by atoms with E-state index in [4.69, 9.17) is 0 Å². The van der Waals surface area contributed by atoms with E-state index in [-0.39, 0.29) is 11.8 Å². The van der Waals surface area contributed by atoms with E-state index in [2.05, 4.69) is 10.3 Å². The van der Waals surface area contributed by atoms with Gasteiger partial charge in [0.05, 0.1) is 23.2 Å². The van der Waals surface area contributed by atoms with Gasteiger partial charge in [-0.25, -0.2) is 13.4 Å². The molecule has 0 aromatic carbocycles. The summed E-state index contributed by atoms with van der Waals surface area (Å²) >= 11 is 0. The van der Waals surface area contributed by atoms with Gasteiger partial charge in [0.1, 0.15) is 0 Å². The smallest absolute Gasteiger partial charge is 0.203 e. The van der Waals surface area contributed by atoms with Gasteiger partial charge in [0.15, 0.2) is 9.84 Å². The van der Waals surface area contributed by atoms with Crippen LogP contribution in [0.25, 0.3) is 0 Å². The maximum Gasteiger partial charge on any atom is 0.203 e. The van der Waals surface area contributed by atoms with Crippen LogP contribution < -0.4 is 5.32 Å². The number of sulfone groups is 1. The molecule has 1 aromatic heterocycles. The molecule has 0 aliphatic carbocycles. The molecule has 0 amide bonds. The Morgan fingerprint density at radius 1 is 1.56 bits per heavy atom. The van der Waals surface area contributed by atoms with Crippen molar-refractivity contribution in [2.24, 2.45) is 0 Å². The quantitative estimate of drug-likeness (QED) is 0.841. The summed E-state index contributed by atoms with van der Waals surface area (Å²) in [5.41, 5.74) is 0.910. The van der Waals surface area contributed by atoms with Crippen LogP contribution in [-0.4, -0.2) is 36.5 Å². The highest BCUT2D eigenvalue weighted by atomic mass is 32.2. The van der Waals surface area contributed by atoms with Crippen LogP contribution in [0.4, 0.5) is 5.95 Å². The largest absolute Gasteiger partial charge is 0.359 e. The topological polar surface area (TPSA) is 64.0 Å². The second kappa shape index (κ2) is 4.08. The molecule has 1 aromatic rings. The van der Waals surface area contributed by atoms with Gasteiger partial charge in [-0.05, 0) is 19.8 Å². The highest BCUT2D eigenvalue weighted by Gasteiger charge is 2.27. The third kappa shape index (κ3) is 2.21. The Bertz CT molecular complexity index is 478. The zero-order chi connectivity index (χ0) is 11.8. The summed E-state index contributed by atoms with van der Waals surface area (Å²) in [5.74, 6) is 1.31. The molecular formula is C10H17N3O2S. The van der Waals surface area contributed by atoms with Crippen LogP contribution in [0.1, 0.15) is 24.6 Å². The highest BCUT2D eigenvalue weighted by Crippen LogP contribution is 2.26. The van der Waals surface area contributed by atoms with Crippen molar-refractivity contribution in [2.45, 2.75) is 25.8 Å². The molecule has 1 saturated heterocycles. The lowest BCUT2D eigenvalue weighted by Crippen LogP contribution is -2.27. The zero-order valence-electron chi connectivity index (χ0n) is 9.60. The highest BCUT2D eigenvalue weighted by molar-refractivity contribution is 7.91. The number of nitrogens with one attached hydrogen (secondary N) is 1. The van der Waals surface area contributed by atoms with Crippen molar-refractivity contribution in [3.05, 3.63) is 11.9 Å². The van der Waals surface area contributed by atoms with Gasteiger partial charge < -0.3 is 9.88 Å². The zero-order valence-corrected chi connectivity index (χ0v) is 10.4. The first-order valence-corrected chi connectivity index (χ1v) is 7.27. The van der Waals surface area contributed by atoms with Crippen molar-refractivity contribution in [3.8, 4) is 0 Å². The molecule has 0 radical (unpaired) electrons. The Morgan fingerprint density at radius 2 is 2.31 bits per heavy atom. The van der Waals surface area contributed by atoms with Crippen molar-refractivity contribution in [2.75, 3.05) is 23.9 Å². The van der Waals surface area contributed by atoms with E-state index >= 15 is 0 Å². The predicted octanol–water partition coefficient (Wildman–Crippen LogP) is 0.983.